The molecule has 2 amide bonds. The van der Waals surface area contributed by atoms with Gasteiger partial charge in [-0.15, -0.1) is 0 Å². The molecule has 142 valence electrons. The average molecular weight is 369 g/mol. The van der Waals surface area contributed by atoms with Crippen LogP contribution in [0.1, 0.15) is 35.7 Å². The summed E-state index contributed by atoms with van der Waals surface area (Å²) in [6, 6.07) is 5.23. The number of carbonyl (C=O) groups excluding carboxylic acids is 1. The molecule has 2 aromatic heterocycles. The molecule has 0 radical (unpaired) electrons. The van der Waals surface area contributed by atoms with Gasteiger partial charge in [0.1, 0.15) is 11.3 Å². The van der Waals surface area contributed by atoms with Gasteiger partial charge in [0, 0.05) is 18.8 Å². The van der Waals surface area contributed by atoms with Crippen LogP contribution in [0.4, 0.5) is 4.79 Å². The molecule has 0 spiro atoms. The van der Waals surface area contributed by atoms with Crippen molar-refractivity contribution in [3.05, 3.63) is 41.0 Å². The van der Waals surface area contributed by atoms with E-state index >= 15 is 0 Å². The van der Waals surface area contributed by atoms with Crippen LogP contribution in [0, 0.1) is 0 Å². The number of nitrogens with one attached hydrogen (secondary N) is 2. The lowest BCUT2D eigenvalue weighted by Crippen LogP contribution is -2.36. The van der Waals surface area contributed by atoms with E-state index in [1.165, 1.54) is 24.1 Å². The fourth-order valence-corrected chi connectivity index (χ4v) is 3.42. The van der Waals surface area contributed by atoms with Crippen molar-refractivity contribution in [2.75, 3.05) is 14.2 Å². The first-order chi connectivity index (χ1) is 13.1. The molecule has 3 aromatic rings. The first kappa shape index (κ1) is 17.4. The van der Waals surface area contributed by atoms with Crippen LogP contribution in [-0.4, -0.2) is 40.3 Å². The van der Waals surface area contributed by atoms with Crippen LogP contribution in [0.2, 0.25) is 0 Å². The number of amides is 2. The van der Waals surface area contributed by atoms with E-state index in [0.29, 0.717) is 29.3 Å². The lowest BCUT2D eigenvalue weighted by molar-refractivity contribution is 0.204. The van der Waals surface area contributed by atoms with Crippen molar-refractivity contribution in [3.8, 4) is 5.75 Å². The summed E-state index contributed by atoms with van der Waals surface area (Å²) in [7, 11) is 3.37. The van der Waals surface area contributed by atoms with Gasteiger partial charge in [0.25, 0.3) is 0 Å². The first-order valence-electron chi connectivity index (χ1n) is 9.11. The zero-order valence-electron chi connectivity index (χ0n) is 15.5. The minimum Gasteiger partial charge on any atom is -0.497 e. The van der Waals surface area contributed by atoms with Gasteiger partial charge in [-0.1, -0.05) is 0 Å². The third kappa shape index (κ3) is 3.60. The van der Waals surface area contributed by atoms with E-state index < -0.39 is 0 Å². The van der Waals surface area contributed by atoms with Gasteiger partial charge >= 0.3 is 6.03 Å². The number of nitrogens with zero attached hydrogens (tertiary/aromatic N) is 3. The minimum atomic E-state index is -0.192. The van der Waals surface area contributed by atoms with Gasteiger partial charge in [0.15, 0.2) is 5.58 Å². The van der Waals surface area contributed by atoms with Crippen LogP contribution in [0.3, 0.4) is 0 Å². The monoisotopic (exact) mass is 369 g/mol. The molecular weight excluding hydrogens is 346 g/mol. The minimum absolute atomic E-state index is 0.192. The van der Waals surface area contributed by atoms with E-state index in [2.05, 4.69) is 20.5 Å². The van der Waals surface area contributed by atoms with Crippen molar-refractivity contribution < 1.29 is 13.9 Å². The molecule has 8 heteroatoms. The van der Waals surface area contributed by atoms with Crippen molar-refractivity contribution in [2.24, 2.45) is 0 Å². The Hall–Kier alpha value is -3.03. The third-order valence-electron chi connectivity index (χ3n) is 4.91. The quantitative estimate of drug-likeness (QED) is 0.721. The van der Waals surface area contributed by atoms with Crippen molar-refractivity contribution in [2.45, 2.75) is 38.8 Å². The summed E-state index contributed by atoms with van der Waals surface area (Å²) in [4.78, 5) is 18.4. The number of methoxy groups -OCH3 is 1. The van der Waals surface area contributed by atoms with Gasteiger partial charge in [-0.25, -0.2) is 9.78 Å². The maximum Gasteiger partial charge on any atom is 0.317 e. The van der Waals surface area contributed by atoms with Gasteiger partial charge in [0.2, 0.25) is 5.89 Å². The highest BCUT2D eigenvalue weighted by Crippen LogP contribution is 2.23. The number of benzene rings is 1. The highest BCUT2D eigenvalue weighted by atomic mass is 16.5. The number of hydrogen-bond donors (Lipinski definition) is 2. The summed E-state index contributed by atoms with van der Waals surface area (Å²) in [5.74, 6) is 1.17. The normalized spacial score (nSPS) is 13.4. The van der Waals surface area contributed by atoms with Crippen LogP contribution in [0.15, 0.2) is 22.6 Å². The molecule has 27 heavy (non-hydrogen) atoms. The lowest BCUT2D eigenvalue weighted by atomic mass is 9.96. The van der Waals surface area contributed by atoms with Gasteiger partial charge in [0.05, 0.1) is 25.9 Å². The Bertz CT molecular complexity index is 962. The van der Waals surface area contributed by atoms with E-state index in [9.17, 15) is 4.79 Å². The summed E-state index contributed by atoms with van der Waals surface area (Å²) in [6.07, 6.45) is 4.45. The van der Waals surface area contributed by atoms with Gasteiger partial charge < -0.3 is 19.4 Å². The molecule has 0 atom stereocenters. The first-order valence-corrected chi connectivity index (χ1v) is 9.11. The molecule has 0 aliphatic heterocycles. The Labute approximate surface area is 156 Å². The van der Waals surface area contributed by atoms with Crippen LogP contribution in [-0.2, 0) is 25.9 Å². The topological polar surface area (TPSA) is 96.3 Å². The lowest BCUT2D eigenvalue weighted by Gasteiger charge is -2.18. The third-order valence-corrected chi connectivity index (χ3v) is 4.91. The predicted octanol–water partition coefficient (Wildman–Crippen LogP) is 2.78. The van der Waals surface area contributed by atoms with Crippen LogP contribution >= 0.6 is 0 Å². The van der Waals surface area contributed by atoms with E-state index in [4.69, 9.17) is 9.15 Å². The maximum absolute atomic E-state index is 12.4. The molecule has 2 N–H and O–H groups in total. The Kier molecular flexibility index (Phi) is 4.70. The maximum atomic E-state index is 12.4. The summed E-state index contributed by atoms with van der Waals surface area (Å²) in [5, 5.41) is 10.3. The molecule has 2 heterocycles. The molecule has 0 bridgehead atoms. The highest BCUT2D eigenvalue weighted by Gasteiger charge is 2.19. The molecule has 8 nitrogen and oxygen atoms in total. The van der Waals surface area contributed by atoms with Crippen LogP contribution in [0.5, 0.6) is 5.75 Å². The largest absolute Gasteiger partial charge is 0.497 e. The van der Waals surface area contributed by atoms with Crippen molar-refractivity contribution in [3.63, 3.8) is 0 Å². The number of rotatable bonds is 5. The number of carbonyl (C=O) groups is 1. The molecule has 0 saturated heterocycles. The van der Waals surface area contributed by atoms with Gasteiger partial charge in [-0.2, -0.15) is 5.10 Å². The van der Waals surface area contributed by atoms with E-state index in [-0.39, 0.29) is 12.6 Å². The van der Waals surface area contributed by atoms with Crippen LogP contribution in [0.25, 0.3) is 11.1 Å². The highest BCUT2D eigenvalue weighted by molar-refractivity contribution is 5.75. The Morgan fingerprint density at radius 3 is 3.07 bits per heavy atom. The number of ether oxygens (including phenoxy) is 1. The Morgan fingerprint density at radius 2 is 2.22 bits per heavy atom. The second-order valence-electron chi connectivity index (χ2n) is 6.79. The number of aromatic amines is 1. The van der Waals surface area contributed by atoms with Crippen LogP contribution < -0.4 is 10.1 Å². The summed E-state index contributed by atoms with van der Waals surface area (Å²) in [6.45, 7) is 0.696. The van der Waals surface area contributed by atoms with Crippen molar-refractivity contribution in [1.29, 1.82) is 0 Å². The zero-order valence-corrected chi connectivity index (χ0v) is 15.5. The van der Waals surface area contributed by atoms with Crippen molar-refractivity contribution in [1.82, 2.24) is 25.4 Å². The molecule has 4 rings (SSSR count). The smallest absolute Gasteiger partial charge is 0.317 e. The van der Waals surface area contributed by atoms with E-state index in [0.717, 1.165) is 18.5 Å². The second kappa shape index (κ2) is 7.30. The average Bonchev–Trinajstić information content (AvgIpc) is 3.29. The molecule has 1 aromatic carbocycles. The number of hydrogen-bond acceptors (Lipinski definition) is 5. The van der Waals surface area contributed by atoms with Gasteiger partial charge in [-0.05, 0) is 43.4 Å². The number of H-pyrrole nitrogens is 1. The van der Waals surface area contributed by atoms with Crippen molar-refractivity contribution >= 4 is 17.1 Å². The molecule has 0 fully saturated rings. The molecule has 1 aliphatic carbocycles. The van der Waals surface area contributed by atoms with E-state index in [1.54, 1.807) is 31.2 Å². The second-order valence-corrected chi connectivity index (χ2v) is 6.79. The fraction of sp³-hybridized carbons (Fsp3) is 0.421. The molecular formula is C19H23N5O3. The summed E-state index contributed by atoms with van der Waals surface area (Å²) >= 11 is 0. The number of oxazole rings is 1. The zero-order chi connectivity index (χ0) is 18.8. The Balaban J connectivity index is 1.36. The Morgan fingerprint density at radius 1 is 1.37 bits per heavy atom. The SMILES string of the molecule is COc1ccc2oc(CNC(=O)N(C)Cc3n[nH]c4c3CCCC4)nc2c1. The number of fused-ring (bicyclic) bond motifs is 2. The molecule has 0 unspecified atom stereocenters. The number of aromatic nitrogens is 3. The van der Waals surface area contributed by atoms with Gasteiger partial charge in [-0.3, -0.25) is 5.10 Å². The predicted molar refractivity (Wildman–Crippen MR) is 99.5 cm³/mol. The molecule has 1 aliphatic rings. The molecule has 0 saturated carbocycles. The fourth-order valence-electron chi connectivity index (χ4n) is 3.42. The summed E-state index contributed by atoms with van der Waals surface area (Å²) < 4.78 is 10.8. The number of urea groups is 1. The standard InChI is InChI=1S/C19H23N5O3/c1-24(11-16-13-5-3-4-6-14(13)22-23-16)19(25)20-10-18-21-15-9-12(26-2)7-8-17(15)27-18/h7-9H,3-6,10-11H2,1-2H3,(H,20,25)(H,22,23). The van der Waals surface area contributed by atoms with E-state index in [1.807, 2.05) is 6.07 Å². The summed E-state index contributed by atoms with van der Waals surface area (Å²) in [5.41, 5.74) is 4.81. The number of aryl methyl sites for hydroxylation is 1.